The summed E-state index contributed by atoms with van der Waals surface area (Å²) < 4.78 is 11.1. The van der Waals surface area contributed by atoms with E-state index in [0.717, 1.165) is 69.1 Å². The molecule has 0 spiro atoms. The lowest BCUT2D eigenvalue weighted by Gasteiger charge is -2.48. The summed E-state index contributed by atoms with van der Waals surface area (Å²) in [6, 6.07) is 14.5. The highest BCUT2D eigenvalue weighted by Crippen LogP contribution is 2.39. The number of benzene rings is 2. The number of rotatable bonds is 5. The number of Topliss-reactive ketones (excluding diaryl/α,β-unsaturated/α-hetero) is 1. The van der Waals surface area contributed by atoms with Gasteiger partial charge in [-0.25, -0.2) is 4.98 Å². The Morgan fingerprint density at radius 3 is 2.38 bits per heavy atom. The van der Waals surface area contributed by atoms with E-state index in [1.54, 1.807) is 14.0 Å². The summed E-state index contributed by atoms with van der Waals surface area (Å²) in [4.78, 5) is 19.8. The Hall–Kier alpha value is -3.51. The van der Waals surface area contributed by atoms with E-state index in [4.69, 9.17) is 14.2 Å². The summed E-state index contributed by atoms with van der Waals surface area (Å²) in [5.41, 5.74) is 8.03. The number of methoxy groups -OCH3 is 1. The van der Waals surface area contributed by atoms with E-state index >= 15 is 0 Å². The molecule has 0 bridgehead atoms. The number of ether oxygens (including phenoxy) is 1. The molecule has 1 aliphatic rings. The van der Waals surface area contributed by atoms with E-state index in [-0.39, 0.29) is 11.4 Å². The van der Waals surface area contributed by atoms with Gasteiger partial charge in [0.25, 0.3) is 0 Å². The second-order valence-electron chi connectivity index (χ2n) is 9.58. The molecule has 3 heterocycles. The van der Waals surface area contributed by atoms with E-state index in [1.807, 2.05) is 32.9 Å². The van der Waals surface area contributed by atoms with E-state index < -0.39 is 0 Å². The van der Waals surface area contributed by atoms with Gasteiger partial charge in [0.15, 0.2) is 5.78 Å². The molecule has 4 aromatic rings. The summed E-state index contributed by atoms with van der Waals surface area (Å²) in [5.74, 6) is 0.752. The number of fused-ring (bicyclic) bond motifs is 1. The molecule has 0 amide bonds. The first-order chi connectivity index (χ1) is 16.2. The van der Waals surface area contributed by atoms with Gasteiger partial charge in [0, 0.05) is 42.4 Å². The maximum atomic E-state index is 12.4. The highest BCUT2D eigenvalue weighted by Gasteiger charge is 2.38. The summed E-state index contributed by atoms with van der Waals surface area (Å²) in [7, 11) is 1.76. The first kappa shape index (κ1) is 22.3. The molecule has 5 rings (SSSR count). The average molecular weight is 456 g/mol. The largest absolute Gasteiger partial charge is 0.375 e. The fourth-order valence-electron chi connectivity index (χ4n) is 4.86. The Morgan fingerprint density at radius 2 is 1.79 bits per heavy atom. The fraction of sp³-hybridized carbons (Fsp3) is 0.321. The average Bonchev–Trinajstić information content (AvgIpc) is 3.13. The van der Waals surface area contributed by atoms with Gasteiger partial charge in [-0.2, -0.15) is 0 Å². The number of pyridine rings is 1. The molecule has 0 unspecified atom stereocenters. The van der Waals surface area contributed by atoms with Crippen LogP contribution in [0, 0.1) is 20.8 Å². The molecule has 174 valence electrons. The van der Waals surface area contributed by atoms with E-state index in [9.17, 15) is 4.79 Å². The van der Waals surface area contributed by atoms with Crippen LogP contribution in [0.3, 0.4) is 0 Å². The number of hydrogen-bond acceptors (Lipinski definition) is 6. The third kappa shape index (κ3) is 3.68. The van der Waals surface area contributed by atoms with Crippen molar-refractivity contribution in [3.8, 4) is 22.4 Å². The molecule has 0 saturated carbocycles. The third-order valence-corrected chi connectivity index (χ3v) is 6.81. The lowest BCUT2D eigenvalue weighted by atomic mass is 9.92. The zero-order chi connectivity index (χ0) is 24.2. The van der Waals surface area contributed by atoms with Crippen molar-refractivity contribution >= 4 is 22.4 Å². The lowest BCUT2D eigenvalue weighted by Crippen LogP contribution is -2.61. The standard InChI is InChI=1S/C28H29N3O3/c1-16-11-22(18(3)32)24-13-23(27(29-25(24)12-16)26-17(2)30-34-19(26)4)20-7-9-21(10-8-20)31-14-28(5,15-31)33-6/h7-13H,14-15H2,1-6H3. The van der Waals surface area contributed by atoms with E-state index in [2.05, 4.69) is 47.3 Å². The number of carbonyl (C=O) groups excluding carboxylic acids is 1. The molecule has 1 fully saturated rings. The lowest BCUT2D eigenvalue weighted by molar-refractivity contribution is -0.0167. The molecule has 34 heavy (non-hydrogen) atoms. The summed E-state index contributed by atoms with van der Waals surface area (Å²) in [6.45, 7) is 11.3. The highest BCUT2D eigenvalue weighted by molar-refractivity contribution is 6.08. The predicted octanol–water partition coefficient (Wildman–Crippen LogP) is 5.91. The quantitative estimate of drug-likeness (QED) is 0.349. The van der Waals surface area contributed by atoms with Crippen LogP contribution in [0.2, 0.25) is 0 Å². The molecule has 6 nitrogen and oxygen atoms in total. The maximum absolute atomic E-state index is 12.4. The van der Waals surface area contributed by atoms with Gasteiger partial charge in [-0.15, -0.1) is 0 Å². The van der Waals surface area contributed by atoms with Crippen LogP contribution >= 0.6 is 0 Å². The van der Waals surface area contributed by atoms with Gasteiger partial charge in [0.2, 0.25) is 0 Å². The zero-order valence-corrected chi connectivity index (χ0v) is 20.5. The molecule has 2 aromatic heterocycles. The van der Waals surface area contributed by atoms with Crippen LogP contribution in [0.4, 0.5) is 5.69 Å². The van der Waals surface area contributed by atoms with E-state index in [0.29, 0.717) is 5.56 Å². The van der Waals surface area contributed by atoms with Crippen molar-refractivity contribution in [2.75, 3.05) is 25.1 Å². The topological polar surface area (TPSA) is 68.5 Å². The molecule has 0 aliphatic carbocycles. The maximum Gasteiger partial charge on any atom is 0.160 e. The van der Waals surface area contributed by atoms with Crippen molar-refractivity contribution < 1.29 is 14.1 Å². The minimum atomic E-state index is -0.0847. The normalized spacial score (nSPS) is 14.9. The molecular formula is C28H29N3O3. The number of nitrogens with zero attached hydrogens (tertiary/aromatic N) is 3. The molecular weight excluding hydrogens is 426 g/mol. The molecule has 2 aromatic carbocycles. The van der Waals surface area contributed by atoms with Crippen molar-refractivity contribution in [3.05, 3.63) is 65.0 Å². The number of ketones is 1. The number of carbonyl (C=O) groups is 1. The minimum Gasteiger partial charge on any atom is -0.375 e. The first-order valence-corrected chi connectivity index (χ1v) is 11.5. The predicted molar refractivity (Wildman–Crippen MR) is 135 cm³/mol. The zero-order valence-electron chi connectivity index (χ0n) is 20.5. The van der Waals surface area contributed by atoms with Gasteiger partial charge in [0.05, 0.1) is 28.1 Å². The number of aromatic nitrogens is 2. The van der Waals surface area contributed by atoms with Crippen LogP contribution in [-0.4, -0.2) is 41.7 Å². The van der Waals surface area contributed by atoms with Crippen molar-refractivity contribution in [1.29, 1.82) is 0 Å². The Morgan fingerprint density at radius 1 is 1.09 bits per heavy atom. The number of anilines is 1. The van der Waals surface area contributed by atoms with Gasteiger partial charge in [0.1, 0.15) is 5.76 Å². The Balaban J connectivity index is 1.67. The molecule has 1 saturated heterocycles. The van der Waals surface area contributed by atoms with Crippen LogP contribution in [0.15, 0.2) is 47.0 Å². The van der Waals surface area contributed by atoms with Crippen LogP contribution < -0.4 is 4.90 Å². The molecule has 0 radical (unpaired) electrons. The third-order valence-electron chi connectivity index (χ3n) is 6.81. The monoisotopic (exact) mass is 455 g/mol. The van der Waals surface area contributed by atoms with Crippen LogP contribution in [0.1, 0.15) is 41.2 Å². The SMILES string of the molecule is COC1(C)CN(c2ccc(-c3cc4c(C(C)=O)cc(C)cc4nc3-c3c(C)noc3C)cc2)C1. The van der Waals surface area contributed by atoms with E-state index in [1.165, 1.54) is 0 Å². The van der Waals surface area contributed by atoms with Crippen molar-refractivity contribution in [3.63, 3.8) is 0 Å². The number of hydrogen-bond donors (Lipinski definition) is 0. The summed E-state index contributed by atoms with van der Waals surface area (Å²) in [5, 5.41) is 5.01. The van der Waals surface area contributed by atoms with Crippen molar-refractivity contribution in [2.24, 2.45) is 0 Å². The fourth-order valence-corrected chi connectivity index (χ4v) is 4.86. The first-order valence-electron chi connectivity index (χ1n) is 11.5. The van der Waals surface area contributed by atoms with Crippen LogP contribution in [-0.2, 0) is 4.74 Å². The second kappa shape index (κ2) is 8.06. The minimum absolute atomic E-state index is 0.0286. The Bertz CT molecular complexity index is 1390. The number of aryl methyl sites for hydroxylation is 3. The Kier molecular flexibility index (Phi) is 5.29. The van der Waals surface area contributed by atoms with Gasteiger partial charge in [-0.3, -0.25) is 4.79 Å². The van der Waals surface area contributed by atoms with Gasteiger partial charge in [-0.05, 0) is 76.1 Å². The van der Waals surface area contributed by atoms with Crippen LogP contribution in [0.5, 0.6) is 0 Å². The summed E-state index contributed by atoms with van der Waals surface area (Å²) >= 11 is 0. The second-order valence-corrected chi connectivity index (χ2v) is 9.58. The van der Waals surface area contributed by atoms with Gasteiger partial charge < -0.3 is 14.2 Å². The van der Waals surface area contributed by atoms with Gasteiger partial charge >= 0.3 is 0 Å². The summed E-state index contributed by atoms with van der Waals surface area (Å²) in [6.07, 6.45) is 0. The molecule has 0 N–H and O–H groups in total. The molecule has 1 aliphatic heterocycles. The molecule has 6 heteroatoms. The van der Waals surface area contributed by atoms with Gasteiger partial charge in [-0.1, -0.05) is 17.3 Å². The van der Waals surface area contributed by atoms with Crippen molar-refractivity contribution in [1.82, 2.24) is 10.1 Å². The highest BCUT2D eigenvalue weighted by atomic mass is 16.5. The van der Waals surface area contributed by atoms with Crippen LogP contribution in [0.25, 0.3) is 33.3 Å². The smallest absolute Gasteiger partial charge is 0.160 e. The van der Waals surface area contributed by atoms with Crippen molar-refractivity contribution in [2.45, 2.75) is 40.2 Å². The molecule has 0 atom stereocenters. The Labute approximate surface area is 199 Å².